The van der Waals surface area contributed by atoms with E-state index in [-0.39, 0.29) is 0 Å². The van der Waals surface area contributed by atoms with Crippen molar-refractivity contribution >= 4 is 0 Å². The van der Waals surface area contributed by atoms with Crippen LogP contribution in [-0.4, -0.2) is 0 Å². The van der Waals surface area contributed by atoms with E-state index in [4.69, 9.17) is 0 Å². The maximum Gasteiger partial charge on any atom is -0.0351 e. The molecule has 0 heteroatoms. The molecule has 2 aliphatic rings. The Balaban J connectivity index is 0.000000217. The Morgan fingerprint density at radius 3 is 0.700 bits per heavy atom. The standard InChI is InChI=1S/C12H22.C8H14/c1-2-4-6-8-10-12-11-9-7-5-3-1;1-2-4-6-8-7-5-3-1/h1-2H,3-12H2;1-2H,3-8H2/b2*2-1-. The van der Waals surface area contributed by atoms with Crippen molar-refractivity contribution in [1.29, 1.82) is 0 Å². The summed E-state index contributed by atoms with van der Waals surface area (Å²) in [5, 5.41) is 0. The van der Waals surface area contributed by atoms with Gasteiger partial charge in [-0.05, 0) is 51.4 Å². The first-order chi connectivity index (χ1) is 10.0. The highest BCUT2D eigenvalue weighted by atomic mass is 14.0. The summed E-state index contributed by atoms with van der Waals surface area (Å²) in [4.78, 5) is 0. The molecule has 0 amide bonds. The lowest BCUT2D eigenvalue weighted by molar-refractivity contribution is 0.566. The second kappa shape index (κ2) is 14.9. The lowest BCUT2D eigenvalue weighted by atomic mass is 10.0. The maximum atomic E-state index is 2.38. The van der Waals surface area contributed by atoms with Crippen LogP contribution in [0.1, 0.15) is 103 Å². The van der Waals surface area contributed by atoms with Gasteiger partial charge >= 0.3 is 0 Å². The summed E-state index contributed by atoms with van der Waals surface area (Å²) < 4.78 is 0. The normalized spacial score (nSPS) is 25.6. The van der Waals surface area contributed by atoms with Gasteiger partial charge < -0.3 is 0 Å². The molecule has 0 heterocycles. The minimum atomic E-state index is 1.32. The van der Waals surface area contributed by atoms with Crippen LogP contribution in [0.5, 0.6) is 0 Å². The van der Waals surface area contributed by atoms with Crippen LogP contribution >= 0.6 is 0 Å². The molecule has 0 radical (unpaired) electrons. The summed E-state index contributed by atoms with van der Waals surface area (Å²) in [6.07, 6.45) is 32.0. The molecule has 0 spiro atoms. The number of hydrogen-bond donors (Lipinski definition) is 0. The molecule has 0 saturated carbocycles. The van der Waals surface area contributed by atoms with E-state index in [0.717, 1.165) is 0 Å². The van der Waals surface area contributed by atoms with Gasteiger partial charge in [-0.3, -0.25) is 0 Å². The molecule has 0 unspecified atom stereocenters. The summed E-state index contributed by atoms with van der Waals surface area (Å²) in [6.45, 7) is 0. The Hall–Kier alpha value is -0.520. The van der Waals surface area contributed by atoms with Crippen molar-refractivity contribution < 1.29 is 0 Å². The molecule has 0 atom stereocenters. The first kappa shape index (κ1) is 17.5. The predicted octanol–water partition coefficient (Wildman–Crippen LogP) is 7.35. The molecule has 0 aliphatic heterocycles. The smallest absolute Gasteiger partial charge is 0.0351 e. The number of hydrogen-bond acceptors (Lipinski definition) is 0. The fourth-order valence-electron chi connectivity index (χ4n) is 2.93. The van der Waals surface area contributed by atoms with E-state index >= 15 is 0 Å². The monoisotopic (exact) mass is 276 g/mol. The first-order valence-corrected chi connectivity index (χ1v) is 9.30. The average Bonchev–Trinajstić information content (AvgIpc) is 2.39. The summed E-state index contributed by atoms with van der Waals surface area (Å²) in [6, 6.07) is 0. The Bertz CT molecular complexity index is 212. The van der Waals surface area contributed by atoms with Crippen molar-refractivity contribution in [2.75, 3.05) is 0 Å². The molecule has 0 nitrogen and oxygen atoms in total. The van der Waals surface area contributed by atoms with Crippen LogP contribution in [-0.2, 0) is 0 Å². The van der Waals surface area contributed by atoms with Crippen molar-refractivity contribution in [1.82, 2.24) is 0 Å². The second-order valence-electron chi connectivity index (χ2n) is 6.34. The van der Waals surface area contributed by atoms with Gasteiger partial charge in [-0.1, -0.05) is 75.7 Å². The van der Waals surface area contributed by atoms with E-state index in [2.05, 4.69) is 24.3 Å². The van der Waals surface area contributed by atoms with Gasteiger partial charge in [0.05, 0.1) is 0 Å². The molecular formula is C20H36. The van der Waals surface area contributed by atoms with Crippen LogP contribution in [0.3, 0.4) is 0 Å². The molecule has 116 valence electrons. The van der Waals surface area contributed by atoms with E-state index in [9.17, 15) is 0 Å². The Labute approximate surface area is 127 Å². The number of allylic oxidation sites excluding steroid dienone is 4. The summed E-state index contributed by atoms with van der Waals surface area (Å²) >= 11 is 0. The van der Waals surface area contributed by atoms with Gasteiger partial charge in [0.1, 0.15) is 0 Å². The van der Waals surface area contributed by atoms with Gasteiger partial charge in [0.25, 0.3) is 0 Å². The van der Waals surface area contributed by atoms with Crippen LogP contribution in [0, 0.1) is 0 Å². The fraction of sp³-hybridized carbons (Fsp3) is 0.800. The highest BCUT2D eigenvalue weighted by molar-refractivity contribution is 4.82. The van der Waals surface area contributed by atoms with Crippen LogP contribution in [0.4, 0.5) is 0 Å². The molecule has 0 aromatic heterocycles. The Kier molecular flexibility index (Phi) is 13.0. The third-order valence-corrected chi connectivity index (χ3v) is 4.32. The van der Waals surface area contributed by atoms with E-state index < -0.39 is 0 Å². The van der Waals surface area contributed by atoms with Crippen molar-refractivity contribution in [2.45, 2.75) is 103 Å². The van der Waals surface area contributed by atoms with Crippen LogP contribution in [0.15, 0.2) is 24.3 Å². The SMILES string of the molecule is C1=C\CCCCCC/1.C1=C\CCCCCCCCCC/1. The largest absolute Gasteiger partial charge is 0.0885 e. The minimum Gasteiger partial charge on any atom is -0.0885 e. The molecular weight excluding hydrogens is 240 g/mol. The molecule has 0 bridgehead atoms. The Morgan fingerprint density at radius 1 is 0.250 bits per heavy atom. The van der Waals surface area contributed by atoms with Crippen molar-refractivity contribution in [3.63, 3.8) is 0 Å². The third-order valence-electron chi connectivity index (χ3n) is 4.32. The lowest BCUT2D eigenvalue weighted by Gasteiger charge is -2.02. The fourth-order valence-corrected chi connectivity index (χ4v) is 2.93. The lowest BCUT2D eigenvalue weighted by Crippen LogP contribution is -1.82. The zero-order valence-electron chi connectivity index (χ0n) is 13.6. The zero-order valence-corrected chi connectivity index (χ0v) is 13.6. The average molecular weight is 277 g/mol. The van der Waals surface area contributed by atoms with E-state index in [1.54, 1.807) is 0 Å². The quantitative estimate of drug-likeness (QED) is 0.405. The van der Waals surface area contributed by atoms with Gasteiger partial charge in [-0.2, -0.15) is 0 Å². The molecule has 20 heavy (non-hydrogen) atoms. The van der Waals surface area contributed by atoms with E-state index in [0.29, 0.717) is 0 Å². The van der Waals surface area contributed by atoms with Crippen LogP contribution < -0.4 is 0 Å². The van der Waals surface area contributed by atoms with Crippen LogP contribution in [0.2, 0.25) is 0 Å². The van der Waals surface area contributed by atoms with Crippen molar-refractivity contribution in [3.05, 3.63) is 24.3 Å². The highest BCUT2D eigenvalue weighted by Crippen LogP contribution is 2.12. The van der Waals surface area contributed by atoms with Crippen LogP contribution in [0.25, 0.3) is 0 Å². The van der Waals surface area contributed by atoms with E-state index in [1.807, 2.05) is 0 Å². The van der Waals surface area contributed by atoms with Gasteiger partial charge in [-0.15, -0.1) is 0 Å². The summed E-state index contributed by atoms with van der Waals surface area (Å²) in [7, 11) is 0. The predicted molar refractivity (Wildman–Crippen MR) is 92.2 cm³/mol. The summed E-state index contributed by atoms with van der Waals surface area (Å²) in [5.41, 5.74) is 0. The first-order valence-electron chi connectivity index (χ1n) is 9.30. The van der Waals surface area contributed by atoms with Gasteiger partial charge in [0, 0.05) is 0 Å². The summed E-state index contributed by atoms with van der Waals surface area (Å²) in [5.74, 6) is 0. The molecule has 0 fully saturated rings. The number of rotatable bonds is 0. The van der Waals surface area contributed by atoms with Crippen molar-refractivity contribution in [2.24, 2.45) is 0 Å². The Morgan fingerprint density at radius 2 is 0.450 bits per heavy atom. The molecule has 0 N–H and O–H groups in total. The zero-order chi connectivity index (χ0) is 14.1. The molecule has 2 aliphatic carbocycles. The van der Waals surface area contributed by atoms with Gasteiger partial charge in [0.2, 0.25) is 0 Å². The minimum absolute atomic E-state index is 1.32. The van der Waals surface area contributed by atoms with E-state index in [1.165, 1.54) is 103 Å². The van der Waals surface area contributed by atoms with Crippen molar-refractivity contribution in [3.8, 4) is 0 Å². The molecule has 0 aromatic rings. The molecule has 2 rings (SSSR count). The maximum absolute atomic E-state index is 2.38. The highest BCUT2D eigenvalue weighted by Gasteiger charge is 1.93. The van der Waals surface area contributed by atoms with Gasteiger partial charge in [-0.25, -0.2) is 0 Å². The topological polar surface area (TPSA) is 0 Å². The molecule has 0 aromatic carbocycles. The van der Waals surface area contributed by atoms with Gasteiger partial charge in [0.15, 0.2) is 0 Å². The second-order valence-corrected chi connectivity index (χ2v) is 6.34. The molecule has 0 saturated heterocycles. The third kappa shape index (κ3) is 12.5.